The van der Waals surface area contributed by atoms with Crippen LogP contribution in [0.4, 0.5) is 5.82 Å². The first kappa shape index (κ1) is 13.2. The quantitative estimate of drug-likeness (QED) is 0.608. The molecule has 0 unspecified atom stereocenters. The monoisotopic (exact) mass is 304 g/mol. The van der Waals surface area contributed by atoms with Gasteiger partial charge in [-0.05, 0) is 24.3 Å². The topological polar surface area (TPSA) is 88.0 Å². The summed E-state index contributed by atoms with van der Waals surface area (Å²) >= 11 is 0. The Hall–Kier alpha value is -3.48. The van der Waals surface area contributed by atoms with Gasteiger partial charge in [-0.1, -0.05) is 6.07 Å². The second-order valence-corrected chi connectivity index (χ2v) is 4.94. The van der Waals surface area contributed by atoms with E-state index in [0.29, 0.717) is 17.2 Å². The fraction of sp³-hybridized carbons (Fsp3) is 0. The summed E-state index contributed by atoms with van der Waals surface area (Å²) in [6, 6.07) is 11.2. The lowest BCUT2D eigenvalue weighted by atomic mass is 10.2. The molecule has 1 amide bonds. The van der Waals surface area contributed by atoms with E-state index < -0.39 is 0 Å². The highest BCUT2D eigenvalue weighted by molar-refractivity contribution is 6.02. The Morgan fingerprint density at radius 3 is 2.87 bits per heavy atom. The van der Waals surface area contributed by atoms with Gasteiger partial charge in [-0.15, -0.1) is 0 Å². The highest BCUT2D eigenvalue weighted by atomic mass is 16.2. The lowest BCUT2D eigenvalue weighted by molar-refractivity contribution is 0.102. The van der Waals surface area contributed by atoms with Crippen molar-refractivity contribution < 1.29 is 4.79 Å². The molecular formula is C16H12N6O. The Bertz CT molecular complexity index is 959. The minimum absolute atomic E-state index is 0.305. The molecule has 7 heteroatoms. The summed E-state index contributed by atoms with van der Waals surface area (Å²) in [5.74, 6) is 0.154. The molecule has 23 heavy (non-hydrogen) atoms. The average molecular weight is 304 g/mol. The first-order valence-electron chi connectivity index (χ1n) is 7.01. The molecule has 0 radical (unpaired) electrons. The fourth-order valence-corrected chi connectivity index (χ4v) is 2.30. The molecular weight excluding hydrogens is 292 g/mol. The molecule has 0 aliphatic rings. The molecule has 4 heterocycles. The summed E-state index contributed by atoms with van der Waals surface area (Å²) in [5, 5.41) is 9.21. The fourth-order valence-electron chi connectivity index (χ4n) is 2.30. The molecule has 7 nitrogen and oxygen atoms in total. The normalized spacial score (nSPS) is 10.8. The van der Waals surface area contributed by atoms with Crippen molar-refractivity contribution in [2.45, 2.75) is 0 Å². The number of hydrogen-bond acceptors (Lipinski definition) is 4. The van der Waals surface area contributed by atoms with Gasteiger partial charge >= 0.3 is 0 Å². The Kier molecular flexibility index (Phi) is 3.09. The number of H-pyrrole nitrogens is 1. The molecule has 0 bridgehead atoms. The maximum atomic E-state index is 12.2. The number of amides is 1. The summed E-state index contributed by atoms with van der Waals surface area (Å²) in [6.45, 7) is 0. The van der Waals surface area contributed by atoms with Gasteiger partial charge in [0, 0.05) is 36.4 Å². The van der Waals surface area contributed by atoms with Gasteiger partial charge in [-0.3, -0.25) is 14.9 Å². The summed E-state index contributed by atoms with van der Waals surface area (Å²) < 4.78 is 1.81. The van der Waals surface area contributed by atoms with Crippen molar-refractivity contribution in [3.63, 3.8) is 0 Å². The van der Waals surface area contributed by atoms with Crippen LogP contribution in [-0.2, 0) is 0 Å². The van der Waals surface area contributed by atoms with E-state index >= 15 is 0 Å². The number of pyridine rings is 2. The molecule has 0 aliphatic carbocycles. The Morgan fingerprint density at radius 2 is 2.09 bits per heavy atom. The third kappa shape index (κ3) is 2.55. The van der Waals surface area contributed by atoms with Crippen LogP contribution >= 0.6 is 0 Å². The van der Waals surface area contributed by atoms with Crippen molar-refractivity contribution in [3.8, 4) is 11.3 Å². The summed E-state index contributed by atoms with van der Waals surface area (Å²) in [7, 11) is 0. The number of rotatable bonds is 3. The van der Waals surface area contributed by atoms with Gasteiger partial charge in [0.2, 0.25) is 0 Å². The van der Waals surface area contributed by atoms with E-state index in [-0.39, 0.29) is 5.91 Å². The molecule has 4 aromatic heterocycles. The first-order chi connectivity index (χ1) is 11.3. The number of fused-ring (bicyclic) bond motifs is 1. The van der Waals surface area contributed by atoms with E-state index in [4.69, 9.17) is 0 Å². The maximum absolute atomic E-state index is 12.2. The van der Waals surface area contributed by atoms with Gasteiger partial charge in [-0.2, -0.15) is 5.10 Å². The van der Waals surface area contributed by atoms with Crippen molar-refractivity contribution >= 4 is 17.4 Å². The minimum atomic E-state index is -0.305. The zero-order valence-electron chi connectivity index (χ0n) is 12.0. The molecule has 0 saturated heterocycles. The second-order valence-electron chi connectivity index (χ2n) is 4.94. The molecule has 4 rings (SSSR count). The summed E-state index contributed by atoms with van der Waals surface area (Å²) in [4.78, 5) is 20.8. The van der Waals surface area contributed by atoms with E-state index in [1.807, 2.05) is 40.9 Å². The van der Waals surface area contributed by atoms with Crippen LogP contribution in [0.3, 0.4) is 0 Å². The highest BCUT2D eigenvalue weighted by Crippen LogP contribution is 2.18. The number of nitrogens with zero attached hydrogens (tertiary/aromatic N) is 4. The molecule has 0 atom stereocenters. The van der Waals surface area contributed by atoms with Crippen LogP contribution in [0.25, 0.3) is 16.9 Å². The molecule has 0 fully saturated rings. The molecule has 4 aromatic rings. The van der Waals surface area contributed by atoms with E-state index in [1.54, 1.807) is 24.7 Å². The number of imidazole rings is 1. The number of carbonyl (C=O) groups excluding carboxylic acids is 1. The van der Waals surface area contributed by atoms with Crippen molar-refractivity contribution in [2.75, 3.05) is 5.32 Å². The Balaban J connectivity index is 1.67. The van der Waals surface area contributed by atoms with Crippen LogP contribution in [0.15, 0.2) is 61.2 Å². The van der Waals surface area contributed by atoms with E-state index in [2.05, 4.69) is 25.5 Å². The summed E-state index contributed by atoms with van der Waals surface area (Å²) in [6.07, 6.45) is 6.97. The predicted molar refractivity (Wildman–Crippen MR) is 85.0 cm³/mol. The third-order valence-electron chi connectivity index (χ3n) is 3.39. The predicted octanol–water partition coefficient (Wildman–Crippen LogP) is 2.37. The number of nitrogens with one attached hydrogen (secondary N) is 2. The smallest absolute Gasteiger partial charge is 0.277 e. The molecule has 0 aliphatic heterocycles. The van der Waals surface area contributed by atoms with Crippen molar-refractivity contribution in [1.29, 1.82) is 0 Å². The van der Waals surface area contributed by atoms with Gasteiger partial charge in [-0.25, -0.2) is 4.98 Å². The lowest BCUT2D eigenvalue weighted by Gasteiger charge is -2.00. The standard InChI is InChI=1S/C16H12N6O/c23-16(20-14-6-8-18-21-14)13-10-22-9-11(4-5-15(22)19-13)12-3-1-2-7-17-12/h1-10H,(H2,18,20,21,23). The van der Waals surface area contributed by atoms with Gasteiger partial charge in [0.05, 0.1) is 5.69 Å². The first-order valence-corrected chi connectivity index (χ1v) is 7.01. The van der Waals surface area contributed by atoms with E-state index in [9.17, 15) is 4.79 Å². The van der Waals surface area contributed by atoms with Crippen molar-refractivity contribution in [1.82, 2.24) is 24.6 Å². The van der Waals surface area contributed by atoms with Gasteiger partial charge in [0.25, 0.3) is 5.91 Å². The molecule has 0 saturated carbocycles. The number of anilines is 1. The number of hydrogen-bond donors (Lipinski definition) is 2. The SMILES string of the molecule is O=C(Nc1cc[nH]n1)c1cn2cc(-c3ccccn3)ccc2n1. The maximum Gasteiger partial charge on any atom is 0.277 e. The second kappa shape index (κ2) is 5.38. The number of carbonyl (C=O) groups is 1. The van der Waals surface area contributed by atoms with Crippen molar-refractivity contribution in [3.05, 3.63) is 66.9 Å². The Labute approximate surface area is 131 Å². The average Bonchev–Trinajstić information content (AvgIpc) is 3.24. The van der Waals surface area contributed by atoms with Crippen LogP contribution in [0.5, 0.6) is 0 Å². The largest absolute Gasteiger partial charge is 0.306 e. The lowest BCUT2D eigenvalue weighted by Crippen LogP contribution is -2.12. The molecule has 0 spiro atoms. The van der Waals surface area contributed by atoms with Crippen LogP contribution in [0.1, 0.15) is 10.5 Å². The van der Waals surface area contributed by atoms with Crippen molar-refractivity contribution in [2.24, 2.45) is 0 Å². The minimum Gasteiger partial charge on any atom is -0.306 e. The summed E-state index contributed by atoms with van der Waals surface area (Å²) in [5.41, 5.74) is 2.84. The third-order valence-corrected chi connectivity index (χ3v) is 3.39. The van der Waals surface area contributed by atoms with Crippen LogP contribution in [-0.4, -0.2) is 30.5 Å². The van der Waals surface area contributed by atoms with Gasteiger partial charge in [0.15, 0.2) is 5.82 Å². The van der Waals surface area contributed by atoms with Gasteiger partial charge in [0.1, 0.15) is 11.3 Å². The Morgan fingerprint density at radius 1 is 1.13 bits per heavy atom. The molecule has 0 aromatic carbocycles. The van der Waals surface area contributed by atoms with Crippen LogP contribution in [0.2, 0.25) is 0 Å². The molecule has 2 N–H and O–H groups in total. The number of aromatic amines is 1. The van der Waals surface area contributed by atoms with Crippen LogP contribution in [0, 0.1) is 0 Å². The van der Waals surface area contributed by atoms with Crippen LogP contribution < -0.4 is 5.32 Å². The zero-order chi connectivity index (χ0) is 15.6. The zero-order valence-corrected chi connectivity index (χ0v) is 12.0. The molecule has 112 valence electrons. The van der Waals surface area contributed by atoms with Gasteiger partial charge < -0.3 is 9.72 Å². The van der Waals surface area contributed by atoms with E-state index in [1.165, 1.54) is 0 Å². The van der Waals surface area contributed by atoms with E-state index in [0.717, 1.165) is 11.3 Å². The number of aromatic nitrogens is 5. The highest BCUT2D eigenvalue weighted by Gasteiger charge is 2.12.